The van der Waals surface area contributed by atoms with Crippen LogP contribution in [0.3, 0.4) is 0 Å². The van der Waals surface area contributed by atoms with Gasteiger partial charge in [-0.2, -0.15) is 0 Å². The maximum absolute atomic E-state index is 10.7. The third-order valence-electron chi connectivity index (χ3n) is 1.98. The molecule has 0 aliphatic heterocycles. The molecule has 0 radical (unpaired) electrons. The number of benzene rings is 1. The molecule has 0 fully saturated rings. The zero-order chi connectivity index (χ0) is 14.7. The Morgan fingerprint density at radius 3 is 2.42 bits per heavy atom. The van der Waals surface area contributed by atoms with Crippen molar-refractivity contribution in [2.45, 2.75) is 20.3 Å². The van der Waals surface area contributed by atoms with E-state index in [0.717, 1.165) is 6.42 Å². The Bertz CT molecular complexity index is 428. The summed E-state index contributed by atoms with van der Waals surface area (Å²) >= 11 is 0. The first-order valence-corrected chi connectivity index (χ1v) is 5.58. The van der Waals surface area contributed by atoms with Crippen LogP contribution in [0.4, 0.5) is 5.69 Å². The van der Waals surface area contributed by atoms with Crippen molar-refractivity contribution in [1.29, 1.82) is 0 Å². The molecule has 0 spiro atoms. The minimum Gasteiger partial charge on any atom is -0.487 e. The number of ether oxygens (including phenoxy) is 1. The Morgan fingerprint density at radius 2 is 2.00 bits per heavy atom. The number of para-hydroxylation sites is 1. The summed E-state index contributed by atoms with van der Waals surface area (Å²) in [5.41, 5.74) is 0.699. The lowest BCUT2D eigenvalue weighted by Crippen LogP contribution is -2.04. The van der Waals surface area contributed by atoms with Crippen molar-refractivity contribution in [2.75, 3.05) is 6.61 Å². The first-order valence-electron chi connectivity index (χ1n) is 5.58. The van der Waals surface area contributed by atoms with Gasteiger partial charge in [-0.15, -0.1) is 0 Å². The van der Waals surface area contributed by atoms with Crippen LogP contribution in [0.15, 0.2) is 18.2 Å². The first-order chi connectivity index (χ1) is 9.08. The van der Waals surface area contributed by atoms with Gasteiger partial charge >= 0.3 is 5.69 Å². The van der Waals surface area contributed by atoms with E-state index in [1.165, 1.54) is 0 Å². The minimum absolute atomic E-state index is 0.0703. The van der Waals surface area contributed by atoms with Crippen LogP contribution in [0.25, 0.3) is 0 Å². The number of hydrogen-bond donors (Lipinski definition) is 1. The maximum Gasteiger partial charge on any atom is 0.313 e. The van der Waals surface area contributed by atoms with E-state index in [1.54, 1.807) is 30.4 Å². The fourth-order valence-corrected chi connectivity index (χ4v) is 1.22. The molecule has 2 amide bonds. The number of imide groups is 1. The van der Waals surface area contributed by atoms with E-state index in [1.807, 2.05) is 6.92 Å². The molecule has 0 saturated heterocycles. The molecular formula is C12H16N2O5. The standard InChI is InChI=1S/C10H13NO3.C2H3NO2/c1-3-7-14-9-6-4-5-8(2)10(9)11(12)13;4-1-3-2-5/h4-6H,3,7H2,1-2H3;1-2H,(H,3,4,5). The molecule has 7 nitrogen and oxygen atoms in total. The zero-order valence-electron chi connectivity index (χ0n) is 10.8. The molecular weight excluding hydrogens is 252 g/mol. The average Bonchev–Trinajstić information content (AvgIpc) is 2.37. The van der Waals surface area contributed by atoms with Crippen LogP contribution in [0.5, 0.6) is 5.75 Å². The number of nitro groups is 1. The van der Waals surface area contributed by atoms with Gasteiger partial charge in [-0.25, -0.2) is 0 Å². The summed E-state index contributed by atoms with van der Waals surface area (Å²) in [4.78, 5) is 28.5. The van der Waals surface area contributed by atoms with Crippen LogP contribution < -0.4 is 10.1 Å². The molecule has 0 bridgehead atoms. The average molecular weight is 268 g/mol. The molecule has 0 aliphatic rings. The highest BCUT2D eigenvalue weighted by atomic mass is 16.6. The summed E-state index contributed by atoms with van der Waals surface area (Å²) in [6, 6.07) is 5.09. The van der Waals surface area contributed by atoms with Crippen molar-refractivity contribution in [3.05, 3.63) is 33.9 Å². The van der Waals surface area contributed by atoms with Gasteiger partial charge in [0.15, 0.2) is 5.75 Å². The number of rotatable bonds is 6. The van der Waals surface area contributed by atoms with Gasteiger partial charge < -0.3 is 10.1 Å². The van der Waals surface area contributed by atoms with Crippen LogP contribution in [-0.4, -0.2) is 24.4 Å². The lowest BCUT2D eigenvalue weighted by atomic mass is 10.2. The molecule has 1 aromatic rings. The second kappa shape index (κ2) is 9.58. The predicted octanol–water partition coefficient (Wildman–Crippen LogP) is 1.58. The van der Waals surface area contributed by atoms with Gasteiger partial charge in [0.1, 0.15) is 0 Å². The Morgan fingerprint density at radius 1 is 1.37 bits per heavy atom. The summed E-state index contributed by atoms with van der Waals surface area (Å²) in [6.07, 6.45) is 1.46. The van der Waals surface area contributed by atoms with Crippen LogP contribution in [0.1, 0.15) is 18.9 Å². The molecule has 0 atom stereocenters. The fourth-order valence-electron chi connectivity index (χ4n) is 1.22. The largest absolute Gasteiger partial charge is 0.487 e. The third kappa shape index (κ3) is 6.16. The number of nitro benzene ring substituents is 1. The van der Waals surface area contributed by atoms with E-state index < -0.39 is 4.92 Å². The smallest absolute Gasteiger partial charge is 0.313 e. The summed E-state index contributed by atoms with van der Waals surface area (Å²) in [5, 5.41) is 12.5. The highest BCUT2D eigenvalue weighted by molar-refractivity contribution is 5.67. The second-order valence-corrected chi connectivity index (χ2v) is 3.43. The van der Waals surface area contributed by atoms with Crippen LogP contribution in [-0.2, 0) is 9.59 Å². The fraction of sp³-hybridized carbons (Fsp3) is 0.333. The van der Waals surface area contributed by atoms with Gasteiger partial charge in [-0.3, -0.25) is 19.7 Å². The summed E-state index contributed by atoms with van der Waals surface area (Å²) < 4.78 is 5.29. The van der Waals surface area contributed by atoms with Crippen molar-refractivity contribution in [1.82, 2.24) is 5.32 Å². The number of amides is 2. The Balaban J connectivity index is 0.000000555. The topological polar surface area (TPSA) is 98.5 Å². The molecule has 0 saturated carbocycles. The van der Waals surface area contributed by atoms with E-state index in [9.17, 15) is 10.1 Å². The molecule has 0 aromatic heterocycles. The summed E-state index contributed by atoms with van der Waals surface area (Å²) in [7, 11) is 0. The van der Waals surface area contributed by atoms with E-state index in [4.69, 9.17) is 14.3 Å². The van der Waals surface area contributed by atoms with Crippen molar-refractivity contribution < 1.29 is 19.2 Å². The lowest BCUT2D eigenvalue weighted by molar-refractivity contribution is -0.386. The van der Waals surface area contributed by atoms with Crippen molar-refractivity contribution in [3.8, 4) is 5.75 Å². The normalized spacial score (nSPS) is 8.74. The SMILES string of the molecule is CCCOc1cccc(C)c1[N+](=O)[O-].O=CNC=O. The highest BCUT2D eigenvalue weighted by Crippen LogP contribution is 2.29. The number of carbonyl (C=O) groups is 2. The molecule has 0 heterocycles. The number of carbonyl (C=O) groups excluding carboxylic acids is 2. The van der Waals surface area contributed by atoms with E-state index >= 15 is 0 Å². The van der Waals surface area contributed by atoms with Crippen molar-refractivity contribution in [2.24, 2.45) is 0 Å². The molecule has 1 N–H and O–H groups in total. The van der Waals surface area contributed by atoms with E-state index in [-0.39, 0.29) is 5.69 Å². The summed E-state index contributed by atoms with van der Waals surface area (Å²) in [6.45, 7) is 4.17. The molecule has 19 heavy (non-hydrogen) atoms. The zero-order valence-corrected chi connectivity index (χ0v) is 10.8. The maximum atomic E-state index is 10.7. The van der Waals surface area contributed by atoms with Crippen LogP contribution in [0, 0.1) is 17.0 Å². The number of hydrogen-bond acceptors (Lipinski definition) is 5. The highest BCUT2D eigenvalue weighted by Gasteiger charge is 2.17. The number of nitrogens with one attached hydrogen (secondary N) is 1. The van der Waals surface area contributed by atoms with Crippen molar-refractivity contribution >= 4 is 18.5 Å². The molecule has 7 heteroatoms. The van der Waals surface area contributed by atoms with E-state index in [0.29, 0.717) is 30.7 Å². The van der Waals surface area contributed by atoms with Gasteiger partial charge in [0.05, 0.1) is 11.5 Å². The van der Waals surface area contributed by atoms with Crippen LogP contribution >= 0.6 is 0 Å². The molecule has 0 aliphatic carbocycles. The quantitative estimate of drug-likeness (QED) is 0.479. The third-order valence-corrected chi connectivity index (χ3v) is 1.98. The Labute approximate surface area is 110 Å². The van der Waals surface area contributed by atoms with Gasteiger partial charge in [0.25, 0.3) is 0 Å². The molecule has 104 valence electrons. The summed E-state index contributed by atoms with van der Waals surface area (Å²) in [5.74, 6) is 0.358. The van der Waals surface area contributed by atoms with Crippen LogP contribution in [0.2, 0.25) is 0 Å². The van der Waals surface area contributed by atoms with Crippen molar-refractivity contribution in [3.63, 3.8) is 0 Å². The lowest BCUT2D eigenvalue weighted by Gasteiger charge is -2.06. The molecule has 1 rings (SSSR count). The number of aryl methyl sites for hydroxylation is 1. The van der Waals surface area contributed by atoms with Gasteiger partial charge in [-0.05, 0) is 19.4 Å². The monoisotopic (exact) mass is 268 g/mol. The Hall–Kier alpha value is -2.44. The molecule has 0 unspecified atom stereocenters. The van der Waals surface area contributed by atoms with Gasteiger partial charge in [-0.1, -0.05) is 19.1 Å². The van der Waals surface area contributed by atoms with Gasteiger partial charge in [0, 0.05) is 5.56 Å². The van der Waals surface area contributed by atoms with E-state index in [2.05, 4.69) is 0 Å². The second-order valence-electron chi connectivity index (χ2n) is 3.43. The molecule has 1 aromatic carbocycles. The number of nitrogens with zero attached hydrogens (tertiary/aromatic N) is 1. The predicted molar refractivity (Wildman–Crippen MR) is 68.9 cm³/mol. The first kappa shape index (κ1) is 16.6. The van der Waals surface area contributed by atoms with Gasteiger partial charge in [0.2, 0.25) is 12.8 Å². The minimum atomic E-state index is -0.402. The Kier molecular flexibility index (Phi) is 8.35.